The molecule has 0 aliphatic carbocycles. The maximum atomic E-state index is 11.9. The Morgan fingerprint density at radius 1 is 1.12 bits per heavy atom. The predicted octanol–water partition coefficient (Wildman–Crippen LogP) is 3.92. The zero-order valence-corrected chi connectivity index (χ0v) is 14.3. The maximum absolute atomic E-state index is 11.9. The molecule has 2 rings (SSSR count). The molecule has 0 spiro atoms. The zero-order chi connectivity index (χ0) is 17.4. The Morgan fingerprint density at radius 3 is 2.58 bits per heavy atom. The molecule has 0 radical (unpaired) electrons. The molecule has 0 bridgehead atoms. The number of hydrazone groups is 1. The summed E-state index contributed by atoms with van der Waals surface area (Å²) in [7, 11) is 0. The molecule has 2 N–H and O–H groups in total. The van der Waals surface area contributed by atoms with Crippen LogP contribution in [-0.4, -0.2) is 18.2 Å². The molecule has 0 aliphatic heterocycles. The van der Waals surface area contributed by atoms with Crippen molar-refractivity contribution in [3.05, 3.63) is 71.3 Å². The van der Waals surface area contributed by atoms with E-state index in [0.717, 1.165) is 22.5 Å². The Morgan fingerprint density at radius 2 is 1.88 bits per heavy atom. The van der Waals surface area contributed by atoms with Gasteiger partial charge in [-0.15, -0.1) is 0 Å². The lowest BCUT2D eigenvalue weighted by molar-refractivity contribution is -0.119. The van der Waals surface area contributed by atoms with Crippen molar-refractivity contribution in [1.82, 2.24) is 5.43 Å². The minimum atomic E-state index is -0.178. The summed E-state index contributed by atoms with van der Waals surface area (Å²) < 4.78 is 0. The van der Waals surface area contributed by atoms with Gasteiger partial charge in [0, 0.05) is 5.69 Å². The highest BCUT2D eigenvalue weighted by Gasteiger charge is 2.02. The van der Waals surface area contributed by atoms with Crippen LogP contribution in [0.5, 0.6) is 0 Å². The van der Waals surface area contributed by atoms with E-state index in [1.807, 2.05) is 75.4 Å². The molecular formula is C20H23N3O. The summed E-state index contributed by atoms with van der Waals surface area (Å²) >= 11 is 0. The zero-order valence-electron chi connectivity index (χ0n) is 14.3. The Bertz CT molecular complexity index is 749. The smallest absolute Gasteiger partial charge is 0.259 e. The van der Waals surface area contributed by atoms with Gasteiger partial charge in [0.2, 0.25) is 0 Å². The molecule has 0 atom stereocenters. The minimum absolute atomic E-state index is 0.178. The van der Waals surface area contributed by atoms with Gasteiger partial charge in [-0.25, -0.2) is 5.43 Å². The topological polar surface area (TPSA) is 53.5 Å². The SMILES string of the molecule is CC(/C=C\c1ccccc1)=N\NC(=O)CNc1ccc(C)cc1C. The summed E-state index contributed by atoms with van der Waals surface area (Å²) in [6, 6.07) is 16.0. The average molecular weight is 321 g/mol. The number of nitrogens with zero attached hydrogens (tertiary/aromatic N) is 1. The molecule has 4 nitrogen and oxygen atoms in total. The fraction of sp³-hybridized carbons (Fsp3) is 0.200. The number of amides is 1. The molecule has 24 heavy (non-hydrogen) atoms. The first-order valence-corrected chi connectivity index (χ1v) is 7.92. The van der Waals surface area contributed by atoms with Crippen LogP contribution < -0.4 is 10.7 Å². The molecule has 0 unspecified atom stereocenters. The van der Waals surface area contributed by atoms with Gasteiger partial charge in [0.05, 0.1) is 12.3 Å². The number of hydrogen-bond donors (Lipinski definition) is 2. The first kappa shape index (κ1) is 17.5. The second kappa shape index (κ2) is 8.67. The molecule has 4 heteroatoms. The molecule has 0 heterocycles. The highest BCUT2D eigenvalue weighted by Crippen LogP contribution is 2.15. The fourth-order valence-electron chi connectivity index (χ4n) is 2.20. The number of nitrogens with one attached hydrogen (secondary N) is 2. The van der Waals surface area contributed by atoms with Crippen molar-refractivity contribution < 1.29 is 4.79 Å². The van der Waals surface area contributed by atoms with Crippen LogP contribution in [0.2, 0.25) is 0 Å². The lowest BCUT2D eigenvalue weighted by atomic mass is 10.1. The highest BCUT2D eigenvalue weighted by molar-refractivity contribution is 5.97. The standard InChI is InChI=1S/C20H23N3O/c1-15-9-12-19(16(2)13-15)21-14-20(24)23-22-17(3)10-11-18-7-5-4-6-8-18/h4-13,21H,14H2,1-3H3,(H,23,24)/b11-10-,22-17+. The number of anilines is 1. The van der Waals surface area contributed by atoms with Crippen molar-refractivity contribution in [2.75, 3.05) is 11.9 Å². The van der Waals surface area contributed by atoms with E-state index >= 15 is 0 Å². The molecule has 2 aromatic rings. The number of benzene rings is 2. The molecule has 0 aromatic heterocycles. The molecule has 2 aromatic carbocycles. The molecule has 1 amide bonds. The van der Waals surface area contributed by atoms with Crippen molar-refractivity contribution >= 4 is 23.4 Å². The number of carbonyl (C=O) groups is 1. The van der Waals surface area contributed by atoms with Crippen LogP contribution in [0.4, 0.5) is 5.69 Å². The quantitative estimate of drug-likeness (QED) is 0.626. The number of rotatable bonds is 6. The van der Waals surface area contributed by atoms with Crippen LogP contribution in [0.15, 0.2) is 59.7 Å². The molecular weight excluding hydrogens is 298 g/mol. The second-order valence-corrected chi connectivity index (χ2v) is 5.70. The van der Waals surface area contributed by atoms with E-state index in [4.69, 9.17) is 0 Å². The van der Waals surface area contributed by atoms with Gasteiger partial charge in [-0.2, -0.15) is 5.10 Å². The van der Waals surface area contributed by atoms with Crippen molar-refractivity contribution in [1.29, 1.82) is 0 Å². The van der Waals surface area contributed by atoms with Crippen LogP contribution in [0, 0.1) is 13.8 Å². The molecule has 0 aliphatic rings. The molecule has 0 saturated heterocycles. The van der Waals surface area contributed by atoms with E-state index in [9.17, 15) is 4.79 Å². The Labute approximate surface area is 143 Å². The van der Waals surface area contributed by atoms with E-state index in [2.05, 4.69) is 21.9 Å². The Balaban J connectivity index is 1.82. The van der Waals surface area contributed by atoms with Gasteiger partial charge in [0.1, 0.15) is 0 Å². The lowest BCUT2D eigenvalue weighted by Gasteiger charge is -2.09. The van der Waals surface area contributed by atoms with Crippen LogP contribution in [0.1, 0.15) is 23.6 Å². The number of allylic oxidation sites excluding steroid dienone is 1. The van der Waals surface area contributed by atoms with Crippen LogP contribution in [0.25, 0.3) is 6.08 Å². The van der Waals surface area contributed by atoms with Crippen molar-refractivity contribution in [2.45, 2.75) is 20.8 Å². The third-order valence-corrected chi connectivity index (χ3v) is 3.49. The summed E-state index contributed by atoms with van der Waals surface area (Å²) in [6.45, 7) is 6.09. The van der Waals surface area contributed by atoms with Gasteiger partial charge < -0.3 is 5.32 Å². The van der Waals surface area contributed by atoms with E-state index < -0.39 is 0 Å². The summed E-state index contributed by atoms with van der Waals surface area (Å²) in [5.74, 6) is -0.178. The van der Waals surface area contributed by atoms with Crippen molar-refractivity contribution in [2.24, 2.45) is 5.10 Å². The second-order valence-electron chi connectivity index (χ2n) is 5.70. The largest absolute Gasteiger partial charge is 0.376 e. The van der Waals surface area contributed by atoms with E-state index in [1.165, 1.54) is 5.56 Å². The van der Waals surface area contributed by atoms with Crippen LogP contribution in [0.3, 0.4) is 0 Å². The van der Waals surface area contributed by atoms with Crippen molar-refractivity contribution in [3.63, 3.8) is 0 Å². The summed E-state index contributed by atoms with van der Waals surface area (Å²) in [5, 5.41) is 7.20. The molecule has 0 fully saturated rings. The number of aryl methyl sites for hydroxylation is 2. The van der Waals surface area contributed by atoms with Crippen LogP contribution in [-0.2, 0) is 4.79 Å². The van der Waals surface area contributed by atoms with Gasteiger partial charge >= 0.3 is 0 Å². The van der Waals surface area contributed by atoms with Crippen molar-refractivity contribution in [3.8, 4) is 0 Å². The lowest BCUT2D eigenvalue weighted by Crippen LogP contribution is -2.26. The normalized spacial score (nSPS) is 11.5. The third kappa shape index (κ3) is 5.72. The summed E-state index contributed by atoms with van der Waals surface area (Å²) in [4.78, 5) is 11.9. The van der Waals surface area contributed by atoms with Gasteiger partial charge in [0.25, 0.3) is 5.91 Å². The summed E-state index contributed by atoms with van der Waals surface area (Å²) in [5.41, 5.74) is 7.66. The van der Waals surface area contributed by atoms with E-state index in [-0.39, 0.29) is 12.5 Å². The van der Waals surface area contributed by atoms with Gasteiger partial charge in [-0.3, -0.25) is 4.79 Å². The fourth-order valence-corrected chi connectivity index (χ4v) is 2.20. The first-order valence-electron chi connectivity index (χ1n) is 7.92. The van der Waals surface area contributed by atoms with Gasteiger partial charge in [-0.05, 0) is 44.0 Å². The first-order chi connectivity index (χ1) is 11.5. The van der Waals surface area contributed by atoms with E-state index in [0.29, 0.717) is 0 Å². The van der Waals surface area contributed by atoms with Gasteiger partial charge in [-0.1, -0.05) is 54.1 Å². The monoisotopic (exact) mass is 321 g/mol. The highest BCUT2D eigenvalue weighted by atomic mass is 16.2. The Kier molecular flexibility index (Phi) is 6.32. The Hall–Kier alpha value is -2.88. The third-order valence-electron chi connectivity index (χ3n) is 3.49. The number of hydrogen-bond acceptors (Lipinski definition) is 3. The maximum Gasteiger partial charge on any atom is 0.259 e. The molecule has 0 saturated carbocycles. The minimum Gasteiger partial charge on any atom is -0.376 e. The van der Waals surface area contributed by atoms with E-state index in [1.54, 1.807) is 0 Å². The number of carbonyl (C=O) groups excluding carboxylic acids is 1. The van der Waals surface area contributed by atoms with Gasteiger partial charge in [0.15, 0.2) is 0 Å². The predicted molar refractivity (Wildman–Crippen MR) is 101 cm³/mol. The summed E-state index contributed by atoms with van der Waals surface area (Å²) in [6.07, 6.45) is 3.83. The van der Waals surface area contributed by atoms with Crippen LogP contribution >= 0.6 is 0 Å². The average Bonchev–Trinajstić information content (AvgIpc) is 2.58. The molecule has 124 valence electrons.